The third-order valence-electron chi connectivity index (χ3n) is 1.75. The molecule has 2 heteroatoms. The topological polar surface area (TPSA) is 16.4 Å². The van der Waals surface area contributed by atoms with Gasteiger partial charge in [0, 0.05) is 13.1 Å². The van der Waals surface area contributed by atoms with Crippen LogP contribution in [0.1, 0.15) is 20.3 Å². The highest BCUT2D eigenvalue weighted by molar-refractivity contribution is 5.42. The van der Waals surface area contributed by atoms with Gasteiger partial charge in [-0.1, -0.05) is 6.92 Å². The first kappa shape index (κ1) is 8.18. The quantitative estimate of drug-likeness (QED) is 0.660. The lowest BCUT2D eigenvalue weighted by molar-refractivity contribution is 0.566. The Kier molecular flexibility index (Phi) is 3.02. The molecule has 0 atom stereocenters. The summed E-state index contributed by atoms with van der Waals surface area (Å²) in [7, 11) is 0. The van der Waals surface area contributed by atoms with Gasteiger partial charge in [-0.25, -0.2) is 0 Å². The fourth-order valence-corrected chi connectivity index (χ4v) is 1.18. The van der Waals surface area contributed by atoms with Gasteiger partial charge in [0.05, 0.1) is 12.0 Å². The first-order valence-electron chi connectivity index (χ1n) is 4.15. The molecule has 0 aromatic carbocycles. The molecule has 1 aromatic rings. The highest BCUT2D eigenvalue weighted by atomic mass is 16.3. The van der Waals surface area contributed by atoms with E-state index in [4.69, 9.17) is 4.42 Å². The second-order valence-corrected chi connectivity index (χ2v) is 2.56. The average Bonchev–Trinajstić information content (AvgIpc) is 2.52. The van der Waals surface area contributed by atoms with Gasteiger partial charge in [-0.05, 0) is 19.4 Å². The molecule has 0 saturated heterocycles. The van der Waals surface area contributed by atoms with Crippen molar-refractivity contribution in [2.75, 3.05) is 18.0 Å². The molecule has 1 heterocycles. The van der Waals surface area contributed by atoms with Crippen LogP contribution in [0.25, 0.3) is 0 Å². The lowest BCUT2D eigenvalue weighted by Crippen LogP contribution is -2.22. The largest absolute Gasteiger partial charge is 0.470 e. The fourth-order valence-electron chi connectivity index (χ4n) is 1.18. The van der Waals surface area contributed by atoms with E-state index in [0.717, 1.165) is 13.1 Å². The van der Waals surface area contributed by atoms with Crippen LogP contribution in [0.5, 0.6) is 0 Å². The molecule has 0 aliphatic carbocycles. The van der Waals surface area contributed by atoms with Gasteiger partial charge in [0.25, 0.3) is 0 Å². The summed E-state index contributed by atoms with van der Waals surface area (Å²) in [4.78, 5) is 2.30. The Bertz CT molecular complexity index is 181. The third-order valence-corrected chi connectivity index (χ3v) is 1.75. The molecule has 0 N–H and O–H groups in total. The molecule has 0 saturated carbocycles. The van der Waals surface area contributed by atoms with Crippen molar-refractivity contribution < 1.29 is 4.42 Å². The first-order valence-corrected chi connectivity index (χ1v) is 4.15. The molecular formula is C9H15NO. The van der Waals surface area contributed by atoms with Crippen molar-refractivity contribution in [2.24, 2.45) is 0 Å². The smallest absolute Gasteiger partial charge is 0.114 e. The molecule has 11 heavy (non-hydrogen) atoms. The molecule has 1 aromatic heterocycles. The Morgan fingerprint density at radius 2 is 2.27 bits per heavy atom. The average molecular weight is 153 g/mol. The lowest BCUT2D eigenvalue weighted by Gasteiger charge is -2.19. The molecule has 0 unspecified atom stereocenters. The van der Waals surface area contributed by atoms with Crippen molar-refractivity contribution in [1.29, 1.82) is 0 Å². The van der Waals surface area contributed by atoms with Crippen LogP contribution < -0.4 is 4.90 Å². The molecule has 0 spiro atoms. The zero-order valence-electron chi connectivity index (χ0n) is 7.21. The summed E-state index contributed by atoms with van der Waals surface area (Å²) in [6.45, 7) is 6.49. The summed E-state index contributed by atoms with van der Waals surface area (Å²) in [6.07, 6.45) is 4.69. The molecule has 0 bridgehead atoms. The minimum absolute atomic E-state index is 1.05. The Morgan fingerprint density at radius 3 is 2.73 bits per heavy atom. The van der Waals surface area contributed by atoms with Gasteiger partial charge >= 0.3 is 0 Å². The maximum absolute atomic E-state index is 5.00. The maximum Gasteiger partial charge on any atom is 0.114 e. The number of nitrogens with zero attached hydrogens (tertiary/aromatic N) is 1. The van der Waals surface area contributed by atoms with Crippen LogP contribution in [0, 0.1) is 0 Å². The SMILES string of the molecule is CCCN(CC)c1ccoc1. The fraction of sp³-hybridized carbons (Fsp3) is 0.556. The predicted octanol–water partition coefficient (Wildman–Crippen LogP) is 2.52. The summed E-state index contributed by atoms with van der Waals surface area (Å²) < 4.78 is 5.00. The Labute approximate surface area is 67.8 Å². The van der Waals surface area contributed by atoms with Crippen LogP contribution in [-0.4, -0.2) is 13.1 Å². The number of furan rings is 1. The van der Waals surface area contributed by atoms with Crippen LogP contribution in [0.4, 0.5) is 5.69 Å². The minimum atomic E-state index is 1.05. The first-order chi connectivity index (χ1) is 5.38. The van der Waals surface area contributed by atoms with Crippen LogP contribution in [0.3, 0.4) is 0 Å². The van der Waals surface area contributed by atoms with Gasteiger partial charge < -0.3 is 9.32 Å². The Balaban J connectivity index is 2.56. The van der Waals surface area contributed by atoms with Gasteiger partial charge in [0.2, 0.25) is 0 Å². The molecule has 62 valence electrons. The van der Waals surface area contributed by atoms with Crippen molar-refractivity contribution in [1.82, 2.24) is 0 Å². The van der Waals surface area contributed by atoms with Crippen molar-refractivity contribution in [3.05, 3.63) is 18.6 Å². The van der Waals surface area contributed by atoms with Gasteiger partial charge in [-0.2, -0.15) is 0 Å². The van der Waals surface area contributed by atoms with E-state index in [1.54, 1.807) is 12.5 Å². The normalized spacial score (nSPS) is 10.0. The van der Waals surface area contributed by atoms with Crippen molar-refractivity contribution in [3.8, 4) is 0 Å². The summed E-state index contributed by atoms with van der Waals surface area (Å²) in [5, 5.41) is 0. The van der Waals surface area contributed by atoms with Gasteiger partial charge in [-0.15, -0.1) is 0 Å². The van der Waals surface area contributed by atoms with Crippen molar-refractivity contribution in [3.63, 3.8) is 0 Å². The molecule has 0 amide bonds. The zero-order valence-corrected chi connectivity index (χ0v) is 7.21. The lowest BCUT2D eigenvalue weighted by atomic mass is 10.3. The highest BCUT2D eigenvalue weighted by Crippen LogP contribution is 2.13. The van der Waals surface area contributed by atoms with Gasteiger partial charge in [0.1, 0.15) is 6.26 Å². The van der Waals surface area contributed by atoms with Gasteiger partial charge in [-0.3, -0.25) is 0 Å². The molecule has 0 fully saturated rings. The molecule has 1 rings (SSSR count). The maximum atomic E-state index is 5.00. The number of anilines is 1. The van der Waals surface area contributed by atoms with Gasteiger partial charge in [0.15, 0.2) is 0 Å². The van der Waals surface area contributed by atoms with E-state index in [9.17, 15) is 0 Å². The highest BCUT2D eigenvalue weighted by Gasteiger charge is 2.02. The summed E-state index contributed by atoms with van der Waals surface area (Å²) in [6, 6.07) is 2.00. The van der Waals surface area contributed by atoms with E-state index in [1.807, 2.05) is 6.07 Å². The second kappa shape index (κ2) is 4.06. The minimum Gasteiger partial charge on any atom is -0.470 e. The molecule has 0 aliphatic heterocycles. The molecule has 0 radical (unpaired) electrons. The Hall–Kier alpha value is -0.920. The van der Waals surface area contributed by atoms with E-state index >= 15 is 0 Å². The van der Waals surface area contributed by atoms with Crippen LogP contribution in [0.2, 0.25) is 0 Å². The predicted molar refractivity (Wildman–Crippen MR) is 46.9 cm³/mol. The summed E-state index contributed by atoms with van der Waals surface area (Å²) in [5.74, 6) is 0. The molecular weight excluding hydrogens is 138 g/mol. The van der Waals surface area contributed by atoms with E-state index in [0.29, 0.717) is 0 Å². The molecule has 0 aliphatic rings. The van der Waals surface area contributed by atoms with Crippen LogP contribution >= 0.6 is 0 Å². The van der Waals surface area contributed by atoms with E-state index in [1.165, 1.54) is 12.1 Å². The number of rotatable bonds is 4. The number of hydrogen-bond donors (Lipinski definition) is 0. The van der Waals surface area contributed by atoms with E-state index in [-0.39, 0.29) is 0 Å². The van der Waals surface area contributed by atoms with Crippen LogP contribution in [-0.2, 0) is 0 Å². The van der Waals surface area contributed by atoms with Crippen LogP contribution in [0.15, 0.2) is 23.0 Å². The van der Waals surface area contributed by atoms with Crippen molar-refractivity contribution in [2.45, 2.75) is 20.3 Å². The number of hydrogen-bond acceptors (Lipinski definition) is 2. The third kappa shape index (κ3) is 2.00. The summed E-state index contributed by atoms with van der Waals surface area (Å²) in [5.41, 5.74) is 1.19. The molecule has 2 nitrogen and oxygen atoms in total. The summed E-state index contributed by atoms with van der Waals surface area (Å²) >= 11 is 0. The van der Waals surface area contributed by atoms with E-state index in [2.05, 4.69) is 18.7 Å². The Morgan fingerprint density at radius 1 is 1.45 bits per heavy atom. The monoisotopic (exact) mass is 153 g/mol. The standard InChI is InChI=1S/C9H15NO/c1-3-6-10(4-2)9-5-7-11-8-9/h5,7-8H,3-4,6H2,1-2H3. The van der Waals surface area contributed by atoms with Crippen molar-refractivity contribution >= 4 is 5.69 Å². The second-order valence-electron chi connectivity index (χ2n) is 2.56. The zero-order chi connectivity index (χ0) is 8.10. The van der Waals surface area contributed by atoms with E-state index < -0.39 is 0 Å².